The first-order valence-corrected chi connectivity index (χ1v) is 20.0. The lowest BCUT2D eigenvalue weighted by atomic mass is 9.81. The van der Waals surface area contributed by atoms with Crippen LogP contribution in [0, 0.1) is 0 Å². The summed E-state index contributed by atoms with van der Waals surface area (Å²) in [6.45, 7) is 4.65. The third-order valence-electron chi connectivity index (χ3n) is 12.2. The molecule has 0 saturated carbocycles. The second kappa shape index (κ2) is 12.7. The lowest BCUT2D eigenvalue weighted by Crippen LogP contribution is -2.14. The summed E-state index contributed by atoms with van der Waals surface area (Å²) in [5.74, 6) is 1.71. The largest absolute Gasteiger partial charge is 0.456 e. The quantitative estimate of drug-likeness (QED) is 0.175. The second-order valence-corrected chi connectivity index (χ2v) is 16.0. The number of para-hydroxylation sites is 1. The zero-order valence-electron chi connectivity index (χ0n) is 32.4. The highest BCUT2D eigenvalue weighted by molar-refractivity contribution is 6.13. The van der Waals surface area contributed by atoms with Crippen molar-refractivity contribution in [1.29, 1.82) is 0 Å². The number of hydrogen-bond donors (Lipinski definition) is 0. The van der Waals surface area contributed by atoms with Gasteiger partial charge in [0, 0.05) is 43.7 Å². The van der Waals surface area contributed by atoms with Crippen LogP contribution >= 0.6 is 0 Å². The molecule has 278 valence electrons. The molecule has 0 amide bonds. The molecule has 0 bridgehead atoms. The van der Waals surface area contributed by atoms with Gasteiger partial charge in [0.05, 0.1) is 0 Å². The van der Waals surface area contributed by atoms with Crippen molar-refractivity contribution < 1.29 is 8.83 Å². The molecule has 59 heavy (non-hydrogen) atoms. The van der Waals surface area contributed by atoms with Gasteiger partial charge in [-0.1, -0.05) is 147 Å². The van der Waals surface area contributed by atoms with E-state index in [1.54, 1.807) is 0 Å². The van der Waals surface area contributed by atoms with Crippen LogP contribution < -0.4 is 0 Å². The Morgan fingerprint density at radius 2 is 0.915 bits per heavy atom. The van der Waals surface area contributed by atoms with Gasteiger partial charge < -0.3 is 8.83 Å². The molecule has 0 spiro atoms. The van der Waals surface area contributed by atoms with Crippen molar-refractivity contribution in [2.24, 2.45) is 0 Å². The van der Waals surface area contributed by atoms with Gasteiger partial charge in [0.1, 0.15) is 22.3 Å². The molecule has 0 atom stereocenters. The zero-order chi connectivity index (χ0) is 39.2. The van der Waals surface area contributed by atoms with Gasteiger partial charge in [0.2, 0.25) is 0 Å². The average molecular weight is 758 g/mol. The number of benzene rings is 8. The molecule has 8 aromatic carbocycles. The summed E-state index contributed by atoms with van der Waals surface area (Å²) in [7, 11) is 0. The van der Waals surface area contributed by atoms with E-state index in [2.05, 4.69) is 147 Å². The molecule has 0 N–H and O–H groups in total. The lowest BCUT2D eigenvalue weighted by Gasteiger charge is -2.22. The predicted octanol–water partition coefficient (Wildman–Crippen LogP) is 14.3. The molecular formula is C54H35N3O2. The highest BCUT2D eigenvalue weighted by atomic mass is 16.3. The number of hydrogen-bond acceptors (Lipinski definition) is 5. The highest BCUT2D eigenvalue weighted by Crippen LogP contribution is 2.50. The number of fused-ring (bicyclic) bond motifs is 9. The first-order valence-electron chi connectivity index (χ1n) is 20.0. The molecule has 1 aliphatic rings. The fraction of sp³-hybridized carbons (Fsp3) is 0.0556. The summed E-state index contributed by atoms with van der Waals surface area (Å²) >= 11 is 0. The molecule has 0 fully saturated rings. The van der Waals surface area contributed by atoms with Gasteiger partial charge in [0.25, 0.3) is 0 Å². The van der Waals surface area contributed by atoms with Crippen LogP contribution in [0.2, 0.25) is 0 Å². The Hall–Kier alpha value is -7.63. The van der Waals surface area contributed by atoms with Crippen LogP contribution in [0.3, 0.4) is 0 Å². The van der Waals surface area contributed by atoms with Gasteiger partial charge in [-0.05, 0) is 87.0 Å². The van der Waals surface area contributed by atoms with Crippen LogP contribution in [0.1, 0.15) is 25.0 Å². The van der Waals surface area contributed by atoms with Crippen molar-refractivity contribution in [3.05, 3.63) is 187 Å². The molecule has 1 aliphatic carbocycles. The van der Waals surface area contributed by atoms with Crippen molar-refractivity contribution in [2.45, 2.75) is 19.3 Å². The number of nitrogens with zero attached hydrogens (tertiary/aromatic N) is 3. The molecule has 3 heterocycles. The molecule has 0 aliphatic heterocycles. The van der Waals surface area contributed by atoms with E-state index in [0.29, 0.717) is 17.5 Å². The summed E-state index contributed by atoms with van der Waals surface area (Å²) in [5, 5.41) is 4.11. The van der Waals surface area contributed by atoms with E-state index in [1.165, 1.54) is 27.8 Å². The second-order valence-electron chi connectivity index (χ2n) is 16.0. The van der Waals surface area contributed by atoms with Crippen molar-refractivity contribution in [3.63, 3.8) is 0 Å². The fourth-order valence-corrected chi connectivity index (χ4v) is 9.14. The summed E-state index contributed by atoms with van der Waals surface area (Å²) in [5.41, 5.74) is 15.7. The van der Waals surface area contributed by atoms with E-state index in [4.69, 9.17) is 23.8 Å². The monoisotopic (exact) mass is 757 g/mol. The topological polar surface area (TPSA) is 65.0 Å². The van der Waals surface area contributed by atoms with E-state index in [9.17, 15) is 0 Å². The van der Waals surface area contributed by atoms with Crippen LogP contribution in [0.4, 0.5) is 0 Å². The third-order valence-corrected chi connectivity index (χ3v) is 12.2. The van der Waals surface area contributed by atoms with E-state index in [-0.39, 0.29) is 5.41 Å². The number of furan rings is 2. The summed E-state index contributed by atoms with van der Waals surface area (Å²) in [6, 6.07) is 61.4. The van der Waals surface area contributed by atoms with Crippen molar-refractivity contribution in [2.75, 3.05) is 0 Å². The molecular weight excluding hydrogens is 723 g/mol. The molecule has 12 rings (SSSR count). The first-order chi connectivity index (χ1) is 29.0. The lowest BCUT2D eigenvalue weighted by molar-refractivity contribution is 0.660. The SMILES string of the molecule is CC1(C)c2ccccc2-c2ccc(-c3ccc4oc5cccc(-c6nc(-c7ccc(-c8ccccc8)cc7)nc(-c7ccc8c(c7)oc7ccccc78)n6)c5c4c3)cc21. The van der Waals surface area contributed by atoms with Gasteiger partial charge in [-0.3, -0.25) is 0 Å². The first kappa shape index (κ1) is 33.5. The van der Waals surface area contributed by atoms with Crippen LogP contribution in [0.5, 0.6) is 0 Å². The third kappa shape index (κ3) is 5.28. The van der Waals surface area contributed by atoms with Gasteiger partial charge in [-0.25, -0.2) is 15.0 Å². The normalized spacial score (nSPS) is 13.1. The molecule has 0 saturated heterocycles. The van der Waals surface area contributed by atoms with Crippen LogP contribution in [-0.2, 0) is 5.41 Å². The molecule has 11 aromatic rings. The van der Waals surface area contributed by atoms with Crippen LogP contribution in [0.15, 0.2) is 185 Å². The van der Waals surface area contributed by atoms with Crippen LogP contribution in [-0.4, -0.2) is 15.0 Å². The van der Waals surface area contributed by atoms with Gasteiger partial charge >= 0.3 is 0 Å². The molecule has 3 aromatic heterocycles. The van der Waals surface area contributed by atoms with Crippen LogP contribution in [0.25, 0.3) is 111 Å². The maximum absolute atomic E-state index is 6.53. The Labute approximate surface area is 340 Å². The van der Waals surface area contributed by atoms with Gasteiger partial charge in [0.15, 0.2) is 17.5 Å². The van der Waals surface area contributed by atoms with Crippen molar-refractivity contribution in [3.8, 4) is 67.5 Å². The summed E-state index contributed by atoms with van der Waals surface area (Å²) in [4.78, 5) is 15.5. The maximum atomic E-state index is 6.53. The van der Waals surface area contributed by atoms with E-state index in [1.807, 2.05) is 42.5 Å². The Balaban J connectivity index is 1.02. The summed E-state index contributed by atoms with van der Waals surface area (Å²) < 4.78 is 12.8. The number of rotatable bonds is 5. The molecule has 0 unspecified atom stereocenters. The zero-order valence-corrected chi connectivity index (χ0v) is 32.4. The van der Waals surface area contributed by atoms with Gasteiger partial charge in [-0.2, -0.15) is 0 Å². The minimum absolute atomic E-state index is 0.0908. The standard InChI is InChI=1S/C54H35N3O2/c1-54(2)44-16-8-6-13-38(44)39-26-23-36(30-45(39)54)35-25-28-47-43(29-35)50-42(15-10-18-48(50)58-47)53-56-51(34-21-19-33(20-22-34)32-11-4-3-5-12-32)55-52(57-53)37-24-27-41-40-14-7-9-17-46(40)59-49(41)31-37/h3-31H,1-2H3. The Kier molecular flexibility index (Phi) is 7.20. The smallest absolute Gasteiger partial charge is 0.164 e. The van der Waals surface area contributed by atoms with Crippen molar-refractivity contribution in [1.82, 2.24) is 15.0 Å². The van der Waals surface area contributed by atoms with E-state index in [0.717, 1.165) is 77.3 Å². The van der Waals surface area contributed by atoms with E-state index >= 15 is 0 Å². The Bertz CT molecular complexity index is 3470. The minimum Gasteiger partial charge on any atom is -0.456 e. The molecule has 5 heteroatoms. The molecule has 0 radical (unpaired) electrons. The molecule has 5 nitrogen and oxygen atoms in total. The van der Waals surface area contributed by atoms with E-state index < -0.39 is 0 Å². The average Bonchev–Trinajstić information content (AvgIpc) is 3.93. The maximum Gasteiger partial charge on any atom is 0.164 e. The predicted molar refractivity (Wildman–Crippen MR) is 239 cm³/mol. The Morgan fingerprint density at radius 1 is 0.339 bits per heavy atom. The summed E-state index contributed by atoms with van der Waals surface area (Å²) in [6.07, 6.45) is 0. The van der Waals surface area contributed by atoms with Crippen molar-refractivity contribution >= 4 is 43.9 Å². The Morgan fingerprint density at radius 3 is 1.80 bits per heavy atom. The van der Waals surface area contributed by atoms with Gasteiger partial charge in [-0.15, -0.1) is 0 Å². The number of aromatic nitrogens is 3. The fourth-order valence-electron chi connectivity index (χ4n) is 9.14. The minimum atomic E-state index is -0.0908. The highest BCUT2D eigenvalue weighted by Gasteiger charge is 2.35.